The van der Waals surface area contributed by atoms with Crippen LogP contribution in [-0.2, 0) is 11.3 Å². The molecule has 1 aliphatic heterocycles. The number of anilines is 1. The fourth-order valence-electron chi connectivity index (χ4n) is 2.51. The van der Waals surface area contributed by atoms with E-state index in [4.69, 9.17) is 4.74 Å². The lowest BCUT2D eigenvalue weighted by atomic mass is 10.2. The summed E-state index contributed by atoms with van der Waals surface area (Å²) in [6, 6.07) is 1.31. The first-order chi connectivity index (χ1) is 10.7. The molecule has 0 saturated carbocycles. The number of aryl methyl sites for hydroxylation is 1. The summed E-state index contributed by atoms with van der Waals surface area (Å²) >= 11 is 0. The van der Waals surface area contributed by atoms with Crippen molar-refractivity contribution in [2.45, 2.75) is 39.8 Å². The minimum atomic E-state index is -0.547. The molecule has 0 aliphatic carbocycles. The van der Waals surface area contributed by atoms with E-state index in [2.05, 4.69) is 0 Å². The second kappa shape index (κ2) is 6.60. The van der Waals surface area contributed by atoms with Crippen molar-refractivity contribution in [2.75, 3.05) is 31.1 Å². The van der Waals surface area contributed by atoms with Crippen molar-refractivity contribution in [1.82, 2.24) is 9.47 Å². The van der Waals surface area contributed by atoms with Crippen molar-refractivity contribution in [2.24, 2.45) is 0 Å². The molecule has 2 rings (SSSR count). The summed E-state index contributed by atoms with van der Waals surface area (Å²) in [6.45, 7) is 9.37. The number of carbonyl (C=O) groups excluding carboxylic acids is 1. The van der Waals surface area contributed by atoms with Gasteiger partial charge in [0.1, 0.15) is 11.3 Å². The summed E-state index contributed by atoms with van der Waals surface area (Å²) in [5.74, 6) is -0.523. The molecule has 7 heteroatoms. The summed E-state index contributed by atoms with van der Waals surface area (Å²) in [6.07, 6.45) is 1.08. The van der Waals surface area contributed by atoms with Crippen molar-refractivity contribution >= 4 is 11.8 Å². The molecule has 0 spiro atoms. The Kier molecular flexibility index (Phi) is 4.97. The molecule has 1 saturated heterocycles. The van der Waals surface area contributed by atoms with Gasteiger partial charge in [-0.3, -0.25) is 4.79 Å². The zero-order chi connectivity index (χ0) is 17.2. The van der Waals surface area contributed by atoms with Crippen LogP contribution in [0.15, 0.2) is 17.1 Å². The average molecular weight is 325 g/mol. The molecular formula is C16H24FN3O3. The number of rotatable bonds is 2. The van der Waals surface area contributed by atoms with Gasteiger partial charge in [0.05, 0.1) is 0 Å². The molecule has 128 valence electrons. The summed E-state index contributed by atoms with van der Waals surface area (Å²) in [7, 11) is 0. The molecule has 1 aromatic heterocycles. The molecule has 0 unspecified atom stereocenters. The van der Waals surface area contributed by atoms with E-state index in [0.717, 1.165) is 0 Å². The Morgan fingerprint density at radius 2 is 1.87 bits per heavy atom. The number of carbonyl (C=O) groups is 1. The van der Waals surface area contributed by atoms with Crippen LogP contribution in [0.2, 0.25) is 0 Å². The van der Waals surface area contributed by atoms with Gasteiger partial charge >= 0.3 is 6.09 Å². The average Bonchev–Trinajstić information content (AvgIpc) is 2.46. The molecule has 0 atom stereocenters. The number of piperazine rings is 1. The lowest BCUT2D eigenvalue weighted by Crippen LogP contribution is -2.51. The summed E-state index contributed by atoms with van der Waals surface area (Å²) < 4.78 is 20.9. The highest BCUT2D eigenvalue weighted by atomic mass is 19.1. The Morgan fingerprint density at radius 3 is 2.39 bits per heavy atom. The predicted octanol–water partition coefficient (Wildman–Crippen LogP) is 2.06. The van der Waals surface area contributed by atoms with Crippen molar-refractivity contribution in [3.05, 3.63) is 28.4 Å². The minimum Gasteiger partial charge on any atom is -0.444 e. The van der Waals surface area contributed by atoms with Crippen LogP contribution in [0.3, 0.4) is 0 Å². The van der Waals surface area contributed by atoms with Gasteiger partial charge in [0.25, 0.3) is 5.56 Å². The van der Waals surface area contributed by atoms with E-state index in [-0.39, 0.29) is 17.3 Å². The van der Waals surface area contributed by atoms with E-state index in [1.54, 1.807) is 9.80 Å². The maximum Gasteiger partial charge on any atom is 0.410 e. The Balaban J connectivity index is 2.08. The first-order valence-corrected chi connectivity index (χ1v) is 7.84. The molecule has 23 heavy (non-hydrogen) atoms. The summed E-state index contributed by atoms with van der Waals surface area (Å²) in [5, 5.41) is 0. The van der Waals surface area contributed by atoms with Crippen LogP contribution in [0.1, 0.15) is 27.7 Å². The minimum absolute atomic E-state index is 0.0817. The monoisotopic (exact) mass is 325 g/mol. The van der Waals surface area contributed by atoms with E-state index in [0.29, 0.717) is 32.7 Å². The molecule has 1 aromatic rings. The van der Waals surface area contributed by atoms with Gasteiger partial charge in [-0.25, -0.2) is 9.18 Å². The van der Waals surface area contributed by atoms with Crippen LogP contribution in [0.5, 0.6) is 0 Å². The van der Waals surface area contributed by atoms with Gasteiger partial charge in [-0.1, -0.05) is 0 Å². The maximum atomic E-state index is 14.1. The maximum absolute atomic E-state index is 14.1. The number of pyridine rings is 1. The standard InChI is InChI=1S/C16H24FN3O3/c1-5-18-7-6-12(17)13(14(18)21)19-8-10-20(11-9-19)15(22)23-16(2,3)4/h6-7H,5,8-11H2,1-4H3. The SMILES string of the molecule is CCn1ccc(F)c(N2CCN(C(=O)OC(C)(C)C)CC2)c1=O. The Bertz CT molecular complexity index is 628. The molecule has 0 bridgehead atoms. The molecule has 1 fully saturated rings. The quantitative estimate of drug-likeness (QED) is 0.835. The number of aromatic nitrogens is 1. The third kappa shape index (κ3) is 4.03. The third-order valence-corrected chi connectivity index (χ3v) is 3.68. The highest BCUT2D eigenvalue weighted by Crippen LogP contribution is 2.17. The fourth-order valence-corrected chi connectivity index (χ4v) is 2.51. The third-order valence-electron chi connectivity index (χ3n) is 3.68. The number of hydrogen-bond acceptors (Lipinski definition) is 4. The molecular weight excluding hydrogens is 301 g/mol. The lowest BCUT2D eigenvalue weighted by Gasteiger charge is -2.36. The molecule has 0 radical (unpaired) electrons. The highest BCUT2D eigenvalue weighted by molar-refractivity contribution is 5.68. The van der Waals surface area contributed by atoms with Crippen molar-refractivity contribution in [3.63, 3.8) is 0 Å². The van der Waals surface area contributed by atoms with Crippen LogP contribution in [0.4, 0.5) is 14.9 Å². The van der Waals surface area contributed by atoms with Gasteiger partial charge in [-0.15, -0.1) is 0 Å². The molecule has 1 aliphatic rings. The highest BCUT2D eigenvalue weighted by Gasteiger charge is 2.28. The number of halogens is 1. The van der Waals surface area contributed by atoms with Gasteiger partial charge < -0.3 is 19.1 Å². The van der Waals surface area contributed by atoms with Gasteiger partial charge in [-0.2, -0.15) is 0 Å². The zero-order valence-electron chi connectivity index (χ0n) is 14.1. The Morgan fingerprint density at radius 1 is 1.26 bits per heavy atom. The Hall–Kier alpha value is -2.05. The van der Waals surface area contributed by atoms with E-state index in [1.165, 1.54) is 16.8 Å². The van der Waals surface area contributed by atoms with Crippen LogP contribution in [0.25, 0.3) is 0 Å². The predicted molar refractivity (Wildman–Crippen MR) is 86.4 cm³/mol. The van der Waals surface area contributed by atoms with E-state index in [1.807, 2.05) is 27.7 Å². The van der Waals surface area contributed by atoms with E-state index >= 15 is 0 Å². The first kappa shape index (κ1) is 17.3. The number of ether oxygens (including phenoxy) is 1. The normalized spacial score (nSPS) is 15.7. The summed E-state index contributed by atoms with van der Waals surface area (Å²) in [4.78, 5) is 27.6. The molecule has 2 heterocycles. The first-order valence-electron chi connectivity index (χ1n) is 7.84. The van der Waals surface area contributed by atoms with Crippen LogP contribution >= 0.6 is 0 Å². The molecule has 1 amide bonds. The molecule has 0 aromatic carbocycles. The second-order valence-electron chi connectivity index (χ2n) is 6.56. The van der Waals surface area contributed by atoms with Gasteiger partial charge in [-0.05, 0) is 33.8 Å². The largest absolute Gasteiger partial charge is 0.444 e. The smallest absolute Gasteiger partial charge is 0.410 e. The number of nitrogens with zero attached hydrogens (tertiary/aromatic N) is 3. The molecule has 0 N–H and O–H groups in total. The van der Waals surface area contributed by atoms with E-state index in [9.17, 15) is 14.0 Å². The molecule has 6 nitrogen and oxygen atoms in total. The topological polar surface area (TPSA) is 54.8 Å². The van der Waals surface area contributed by atoms with Crippen LogP contribution < -0.4 is 10.5 Å². The fraction of sp³-hybridized carbons (Fsp3) is 0.625. The van der Waals surface area contributed by atoms with Crippen LogP contribution in [-0.4, -0.2) is 47.3 Å². The van der Waals surface area contributed by atoms with Gasteiger partial charge in [0.15, 0.2) is 5.82 Å². The lowest BCUT2D eigenvalue weighted by molar-refractivity contribution is 0.0240. The van der Waals surface area contributed by atoms with Crippen LogP contribution in [0, 0.1) is 5.82 Å². The van der Waals surface area contributed by atoms with E-state index < -0.39 is 11.4 Å². The van der Waals surface area contributed by atoms with Crippen molar-refractivity contribution in [1.29, 1.82) is 0 Å². The number of hydrogen-bond donors (Lipinski definition) is 0. The summed E-state index contributed by atoms with van der Waals surface area (Å²) in [5.41, 5.74) is -0.800. The van der Waals surface area contributed by atoms with Gasteiger partial charge in [0, 0.05) is 38.9 Å². The zero-order valence-corrected chi connectivity index (χ0v) is 14.1. The van der Waals surface area contributed by atoms with Crippen molar-refractivity contribution < 1.29 is 13.9 Å². The van der Waals surface area contributed by atoms with Crippen molar-refractivity contribution in [3.8, 4) is 0 Å². The Labute approximate surface area is 135 Å². The van der Waals surface area contributed by atoms with Gasteiger partial charge in [0.2, 0.25) is 0 Å². The number of amides is 1. The second-order valence-corrected chi connectivity index (χ2v) is 6.56.